The molecule has 1 aliphatic rings. The lowest BCUT2D eigenvalue weighted by Gasteiger charge is -2.20. The first kappa shape index (κ1) is 12.3. The molecule has 2 N–H and O–H groups in total. The van der Waals surface area contributed by atoms with Gasteiger partial charge in [-0.05, 0) is 18.4 Å². The number of carboxylic acids is 2. The van der Waals surface area contributed by atoms with Crippen molar-refractivity contribution in [3.05, 3.63) is 46.9 Å². The van der Waals surface area contributed by atoms with E-state index in [9.17, 15) is 14.7 Å². The third-order valence-electron chi connectivity index (χ3n) is 3.32. The van der Waals surface area contributed by atoms with Gasteiger partial charge in [0.1, 0.15) is 0 Å². The smallest absolute Gasteiger partial charge is 0.373 e. The van der Waals surface area contributed by atoms with Crippen molar-refractivity contribution in [3.63, 3.8) is 0 Å². The van der Waals surface area contributed by atoms with Crippen LogP contribution in [0.3, 0.4) is 0 Å². The molecule has 6 nitrogen and oxygen atoms in total. The summed E-state index contributed by atoms with van der Waals surface area (Å²) >= 11 is 0. The molecule has 0 bridgehead atoms. The van der Waals surface area contributed by atoms with Gasteiger partial charge in [-0.2, -0.15) is 0 Å². The highest BCUT2D eigenvalue weighted by Crippen LogP contribution is 2.33. The standard InChI is InChI=1S/C14H10N2O4/c17-13(18)11-9-6-5-7-3-1-2-4-8(7)10(9)15-12(16-11)14(19)20/h1-4H,5-6H2,(H,17,18)(H,19,20). The second-order valence-electron chi connectivity index (χ2n) is 4.49. The third-order valence-corrected chi connectivity index (χ3v) is 3.32. The highest BCUT2D eigenvalue weighted by Gasteiger charge is 2.26. The van der Waals surface area contributed by atoms with Gasteiger partial charge < -0.3 is 10.2 Å². The van der Waals surface area contributed by atoms with Crippen LogP contribution < -0.4 is 0 Å². The molecule has 1 aromatic carbocycles. The molecule has 0 saturated carbocycles. The van der Waals surface area contributed by atoms with Crippen molar-refractivity contribution in [1.82, 2.24) is 9.97 Å². The molecule has 0 atom stereocenters. The van der Waals surface area contributed by atoms with Crippen LogP contribution >= 0.6 is 0 Å². The Balaban J connectivity index is 2.33. The van der Waals surface area contributed by atoms with Crippen molar-refractivity contribution >= 4 is 11.9 Å². The number of benzene rings is 1. The molecule has 1 heterocycles. The molecule has 0 unspecified atom stereocenters. The van der Waals surface area contributed by atoms with E-state index >= 15 is 0 Å². The summed E-state index contributed by atoms with van der Waals surface area (Å²) in [6.07, 6.45) is 1.19. The van der Waals surface area contributed by atoms with Crippen LogP contribution in [0.15, 0.2) is 24.3 Å². The summed E-state index contributed by atoms with van der Waals surface area (Å²) in [5.41, 5.74) is 2.51. The molecule has 0 saturated heterocycles. The number of hydrogen-bond acceptors (Lipinski definition) is 4. The largest absolute Gasteiger partial charge is 0.476 e. The third kappa shape index (κ3) is 1.82. The Hall–Kier alpha value is -2.76. The molecule has 0 aliphatic heterocycles. The molecule has 0 spiro atoms. The Bertz CT molecular complexity index is 740. The van der Waals surface area contributed by atoms with Gasteiger partial charge in [0.05, 0.1) is 5.69 Å². The van der Waals surface area contributed by atoms with Crippen molar-refractivity contribution in [3.8, 4) is 11.3 Å². The van der Waals surface area contributed by atoms with Gasteiger partial charge >= 0.3 is 11.9 Å². The number of nitrogens with zero attached hydrogens (tertiary/aromatic N) is 2. The molecule has 1 aromatic heterocycles. The van der Waals surface area contributed by atoms with Crippen molar-refractivity contribution in [2.45, 2.75) is 12.8 Å². The first-order valence-electron chi connectivity index (χ1n) is 6.03. The molecule has 20 heavy (non-hydrogen) atoms. The highest BCUT2D eigenvalue weighted by molar-refractivity contribution is 5.93. The summed E-state index contributed by atoms with van der Waals surface area (Å²) in [4.78, 5) is 30.0. The fourth-order valence-corrected chi connectivity index (χ4v) is 2.45. The summed E-state index contributed by atoms with van der Waals surface area (Å²) in [6.45, 7) is 0. The van der Waals surface area contributed by atoms with Gasteiger partial charge in [0.2, 0.25) is 5.82 Å². The lowest BCUT2D eigenvalue weighted by atomic mass is 9.88. The first-order valence-corrected chi connectivity index (χ1v) is 6.03. The number of aromatic nitrogens is 2. The molecule has 2 aromatic rings. The fraction of sp³-hybridized carbons (Fsp3) is 0.143. The SMILES string of the molecule is O=C(O)c1nc(C(=O)O)c2c(n1)-c1ccccc1CC2. The van der Waals surface area contributed by atoms with E-state index < -0.39 is 17.8 Å². The molecule has 1 aliphatic carbocycles. The quantitative estimate of drug-likeness (QED) is 0.860. The zero-order chi connectivity index (χ0) is 14.3. The number of hydrogen-bond donors (Lipinski definition) is 2. The van der Waals surface area contributed by atoms with E-state index in [2.05, 4.69) is 9.97 Å². The van der Waals surface area contributed by atoms with Crippen LogP contribution in [0, 0.1) is 0 Å². The van der Waals surface area contributed by atoms with Crippen LogP contribution in [0.2, 0.25) is 0 Å². The molecule has 0 amide bonds. The van der Waals surface area contributed by atoms with E-state index in [0.29, 0.717) is 24.1 Å². The maximum atomic E-state index is 11.3. The summed E-state index contributed by atoms with van der Waals surface area (Å²) in [7, 11) is 0. The van der Waals surface area contributed by atoms with Crippen LogP contribution in [-0.4, -0.2) is 32.1 Å². The second-order valence-corrected chi connectivity index (χ2v) is 4.49. The molecule has 0 fully saturated rings. The van der Waals surface area contributed by atoms with Crippen LogP contribution in [0.1, 0.15) is 32.2 Å². The second kappa shape index (κ2) is 4.41. The van der Waals surface area contributed by atoms with Crippen LogP contribution in [0.5, 0.6) is 0 Å². The van der Waals surface area contributed by atoms with E-state index in [4.69, 9.17) is 5.11 Å². The number of rotatable bonds is 2. The lowest BCUT2D eigenvalue weighted by molar-refractivity contribution is 0.0678. The number of aromatic carboxylic acids is 2. The van der Waals surface area contributed by atoms with Gasteiger partial charge in [-0.1, -0.05) is 24.3 Å². The number of aryl methyl sites for hydroxylation is 1. The summed E-state index contributed by atoms with van der Waals surface area (Å²) in [6, 6.07) is 7.46. The average molecular weight is 270 g/mol. The van der Waals surface area contributed by atoms with Crippen LogP contribution in [-0.2, 0) is 12.8 Å². The number of carboxylic acid groups (broad SMARTS) is 2. The normalized spacial score (nSPS) is 12.4. The molecule has 100 valence electrons. The summed E-state index contributed by atoms with van der Waals surface area (Å²) in [5, 5.41) is 18.2. The minimum Gasteiger partial charge on any atom is -0.476 e. The summed E-state index contributed by atoms with van der Waals surface area (Å²) < 4.78 is 0. The molecule has 6 heteroatoms. The Morgan fingerprint density at radius 2 is 1.75 bits per heavy atom. The molecule has 3 rings (SSSR count). The van der Waals surface area contributed by atoms with Crippen molar-refractivity contribution < 1.29 is 19.8 Å². The van der Waals surface area contributed by atoms with E-state index in [0.717, 1.165) is 11.1 Å². The van der Waals surface area contributed by atoms with Crippen molar-refractivity contribution in [1.29, 1.82) is 0 Å². The fourth-order valence-electron chi connectivity index (χ4n) is 2.45. The highest BCUT2D eigenvalue weighted by atomic mass is 16.4. The molecular weight excluding hydrogens is 260 g/mol. The van der Waals surface area contributed by atoms with E-state index in [1.54, 1.807) is 0 Å². The topological polar surface area (TPSA) is 100 Å². The van der Waals surface area contributed by atoms with Gasteiger partial charge in [-0.25, -0.2) is 19.6 Å². The zero-order valence-electron chi connectivity index (χ0n) is 10.3. The van der Waals surface area contributed by atoms with E-state index in [1.807, 2.05) is 24.3 Å². The average Bonchev–Trinajstić information content (AvgIpc) is 2.45. The van der Waals surface area contributed by atoms with Crippen molar-refractivity contribution in [2.24, 2.45) is 0 Å². The van der Waals surface area contributed by atoms with E-state index in [1.165, 1.54) is 0 Å². The number of fused-ring (bicyclic) bond motifs is 3. The Kier molecular flexibility index (Phi) is 2.71. The van der Waals surface area contributed by atoms with Gasteiger partial charge in [-0.15, -0.1) is 0 Å². The molecular formula is C14H10N2O4. The minimum atomic E-state index is -1.33. The minimum absolute atomic E-state index is 0.220. The van der Waals surface area contributed by atoms with Crippen LogP contribution in [0.25, 0.3) is 11.3 Å². The van der Waals surface area contributed by atoms with Gasteiger partial charge in [0, 0.05) is 11.1 Å². The van der Waals surface area contributed by atoms with Gasteiger partial charge in [-0.3, -0.25) is 0 Å². The van der Waals surface area contributed by atoms with Crippen LogP contribution in [0.4, 0.5) is 0 Å². The Morgan fingerprint density at radius 1 is 1.00 bits per heavy atom. The summed E-state index contributed by atoms with van der Waals surface area (Å²) in [5.74, 6) is -3.05. The van der Waals surface area contributed by atoms with E-state index in [-0.39, 0.29) is 5.69 Å². The van der Waals surface area contributed by atoms with Gasteiger partial charge in [0.25, 0.3) is 0 Å². The Morgan fingerprint density at radius 3 is 2.45 bits per heavy atom. The molecule has 0 radical (unpaired) electrons. The predicted molar refractivity (Wildman–Crippen MR) is 68.8 cm³/mol. The first-order chi connectivity index (χ1) is 9.58. The zero-order valence-corrected chi connectivity index (χ0v) is 10.3. The predicted octanol–water partition coefficient (Wildman–Crippen LogP) is 1.64. The van der Waals surface area contributed by atoms with Gasteiger partial charge in [0.15, 0.2) is 5.69 Å². The maximum absolute atomic E-state index is 11.3. The van der Waals surface area contributed by atoms with Crippen molar-refractivity contribution in [2.75, 3.05) is 0 Å². The monoisotopic (exact) mass is 270 g/mol. The maximum Gasteiger partial charge on any atom is 0.373 e. The number of carbonyl (C=O) groups is 2. The Labute approximate surface area is 113 Å². The lowest BCUT2D eigenvalue weighted by Crippen LogP contribution is -2.18.